The third-order valence-corrected chi connectivity index (χ3v) is 7.64. The van der Waals surface area contributed by atoms with Crippen molar-refractivity contribution in [1.82, 2.24) is 19.7 Å². The lowest BCUT2D eigenvalue weighted by Gasteiger charge is -2.33. The summed E-state index contributed by atoms with van der Waals surface area (Å²) in [4.78, 5) is 36.1. The Hall–Kier alpha value is -3.31. The molecule has 0 unspecified atom stereocenters. The summed E-state index contributed by atoms with van der Waals surface area (Å²) in [5.41, 5.74) is 2.41. The summed E-state index contributed by atoms with van der Waals surface area (Å²) >= 11 is 1.68. The van der Waals surface area contributed by atoms with Crippen LogP contribution in [0.4, 0.5) is 10.5 Å². The molecule has 3 aromatic rings. The minimum atomic E-state index is -0.349. The zero-order chi connectivity index (χ0) is 26.2. The van der Waals surface area contributed by atoms with Gasteiger partial charge < -0.3 is 19.7 Å². The van der Waals surface area contributed by atoms with Crippen molar-refractivity contribution >= 4 is 29.0 Å². The van der Waals surface area contributed by atoms with Crippen LogP contribution >= 0.6 is 11.3 Å². The van der Waals surface area contributed by atoms with Crippen LogP contribution in [0.2, 0.25) is 0 Å². The lowest BCUT2D eigenvalue weighted by molar-refractivity contribution is 0.0342. The number of amides is 2. The van der Waals surface area contributed by atoms with Gasteiger partial charge in [-0.05, 0) is 42.0 Å². The van der Waals surface area contributed by atoms with Gasteiger partial charge in [0.1, 0.15) is 5.75 Å². The molecule has 0 bridgehead atoms. The zero-order valence-electron chi connectivity index (χ0n) is 21.4. The van der Waals surface area contributed by atoms with Crippen LogP contribution in [0.25, 0.3) is 0 Å². The number of thiazole rings is 1. The van der Waals surface area contributed by atoms with E-state index in [-0.39, 0.29) is 12.0 Å². The molecule has 10 heteroatoms. The van der Waals surface area contributed by atoms with Gasteiger partial charge >= 0.3 is 6.09 Å². The number of hydrogen-bond donors (Lipinski definition) is 1. The second-order valence-corrected chi connectivity index (χ2v) is 10.4. The molecule has 0 radical (unpaired) electrons. The average molecular weight is 536 g/mol. The van der Waals surface area contributed by atoms with Crippen molar-refractivity contribution in [2.24, 2.45) is 0 Å². The van der Waals surface area contributed by atoms with Crippen molar-refractivity contribution in [3.8, 4) is 5.75 Å². The molecule has 3 heterocycles. The summed E-state index contributed by atoms with van der Waals surface area (Å²) < 4.78 is 11.0. The zero-order valence-corrected chi connectivity index (χ0v) is 22.2. The molecule has 0 aliphatic carbocycles. The highest BCUT2D eigenvalue weighted by Crippen LogP contribution is 2.19. The van der Waals surface area contributed by atoms with Crippen molar-refractivity contribution in [1.29, 1.82) is 0 Å². The van der Waals surface area contributed by atoms with Crippen LogP contribution in [-0.2, 0) is 17.7 Å². The highest BCUT2D eigenvalue weighted by molar-refractivity contribution is 7.09. The molecule has 2 aliphatic heterocycles. The number of carbonyl (C=O) groups is 2. The molecule has 0 saturated carbocycles. The van der Waals surface area contributed by atoms with Gasteiger partial charge in [-0.2, -0.15) is 0 Å². The topological polar surface area (TPSA) is 87.2 Å². The normalized spacial score (nSPS) is 16.8. The Kier molecular flexibility index (Phi) is 8.98. The van der Waals surface area contributed by atoms with Crippen molar-refractivity contribution < 1.29 is 19.1 Å². The van der Waals surface area contributed by atoms with Crippen molar-refractivity contribution in [3.05, 3.63) is 76.2 Å². The number of morpholine rings is 1. The predicted molar refractivity (Wildman–Crippen MR) is 147 cm³/mol. The fourth-order valence-corrected chi connectivity index (χ4v) is 5.15. The van der Waals surface area contributed by atoms with Crippen LogP contribution < -0.4 is 10.1 Å². The smallest absolute Gasteiger partial charge is 0.410 e. The fourth-order valence-electron chi connectivity index (χ4n) is 4.54. The van der Waals surface area contributed by atoms with E-state index in [2.05, 4.69) is 20.1 Å². The molecular formula is C28H33N5O4S. The fraction of sp³-hybridized carbons (Fsp3) is 0.393. The van der Waals surface area contributed by atoms with Crippen LogP contribution in [0, 0.1) is 0 Å². The highest BCUT2D eigenvalue weighted by atomic mass is 32.1. The first kappa shape index (κ1) is 26.3. The summed E-state index contributed by atoms with van der Waals surface area (Å²) in [6, 6.07) is 14.6. The predicted octanol–water partition coefficient (Wildman–Crippen LogP) is 3.59. The number of nitrogens with one attached hydrogen (secondary N) is 1. The molecule has 5 rings (SSSR count). The molecule has 200 valence electrons. The van der Waals surface area contributed by atoms with Gasteiger partial charge in [-0.25, -0.2) is 9.78 Å². The monoisotopic (exact) mass is 535 g/mol. The molecule has 2 amide bonds. The average Bonchev–Trinajstić information content (AvgIpc) is 3.48. The second kappa shape index (κ2) is 13.0. The van der Waals surface area contributed by atoms with Gasteiger partial charge in [0.15, 0.2) is 0 Å². The van der Waals surface area contributed by atoms with E-state index in [1.807, 2.05) is 35.8 Å². The van der Waals surface area contributed by atoms with E-state index >= 15 is 0 Å². The van der Waals surface area contributed by atoms with Crippen molar-refractivity contribution in [2.45, 2.75) is 13.0 Å². The number of carbonyl (C=O) groups excluding carboxylic acids is 2. The van der Waals surface area contributed by atoms with Crippen LogP contribution in [-0.4, -0.2) is 90.7 Å². The summed E-state index contributed by atoms with van der Waals surface area (Å²) in [5.74, 6) is 0.270. The first-order valence-electron chi connectivity index (χ1n) is 13.0. The first-order valence-corrected chi connectivity index (χ1v) is 13.9. The van der Waals surface area contributed by atoms with Crippen LogP contribution in [0.3, 0.4) is 0 Å². The SMILES string of the molecule is O=C(Nc1ccc(OC(=O)N2CCN(CCc3nccs3)CC2)cc1)c1ccc(CN2CCOCC2)cc1. The summed E-state index contributed by atoms with van der Waals surface area (Å²) in [6.45, 7) is 8.11. The lowest BCUT2D eigenvalue weighted by Crippen LogP contribution is -2.49. The number of hydrogen-bond acceptors (Lipinski definition) is 8. The maximum Gasteiger partial charge on any atom is 0.415 e. The number of piperazine rings is 1. The Bertz CT molecular complexity index is 1170. The molecule has 9 nitrogen and oxygen atoms in total. The Morgan fingerprint density at radius 3 is 2.34 bits per heavy atom. The third-order valence-electron chi connectivity index (χ3n) is 6.80. The minimum absolute atomic E-state index is 0.180. The summed E-state index contributed by atoms with van der Waals surface area (Å²) in [5, 5.41) is 6.04. The van der Waals surface area contributed by atoms with Gasteiger partial charge in [-0.15, -0.1) is 11.3 Å². The van der Waals surface area contributed by atoms with Gasteiger partial charge in [0.25, 0.3) is 5.91 Å². The summed E-state index contributed by atoms with van der Waals surface area (Å²) in [6.07, 6.45) is 2.42. The number of nitrogens with zero attached hydrogens (tertiary/aromatic N) is 4. The molecule has 2 fully saturated rings. The van der Waals surface area contributed by atoms with Crippen molar-refractivity contribution in [3.63, 3.8) is 0 Å². The lowest BCUT2D eigenvalue weighted by atomic mass is 10.1. The molecular weight excluding hydrogens is 502 g/mol. The summed E-state index contributed by atoms with van der Waals surface area (Å²) in [7, 11) is 0. The molecule has 2 aromatic carbocycles. The Balaban J connectivity index is 1.05. The number of benzene rings is 2. The molecule has 38 heavy (non-hydrogen) atoms. The molecule has 2 aliphatic rings. The molecule has 2 saturated heterocycles. The standard InChI is InChI=1S/C28H33N5O4S/c34-27(23-3-1-22(2-4-23)21-32-16-18-36-19-17-32)30-24-5-7-25(8-6-24)37-28(35)33-14-12-31(13-15-33)11-9-26-29-10-20-38-26/h1-8,10,20H,9,11-19,21H2,(H,30,34). The van der Waals surface area contributed by atoms with E-state index < -0.39 is 0 Å². The van der Waals surface area contributed by atoms with Gasteiger partial charge in [0, 0.05) is 81.6 Å². The quantitative estimate of drug-likeness (QED) is 0.472. The number of anilines is 1. The minimum Gasteiger partial charge on any atom is -0.410 e. The molecule has 1 aromatic heterocycles. The number of aromatic nitrogens is 1. The van der Waals surface area contributed by atoms with Gasteiger partial charge in [-0.1, -0.05) is 12.1 Å². The van der Waals surface area contributed by atoms with E-state index in [0.29, 0.717) is 30.1 Å². The van der Waals surface area contributed by atoms with E-state index in [0.717, 1.165) is 63.9 Å². The Labute approximate surface area is 227 Å². The number of ether oxygens (including phenoxy) is 2. The maximum absolute atomic E-state index is 12.7. The molecule has 0 spiro atoms. The van der Waals surface area contributed by atoms with Crippen LogP contribution in [0.15, 0.2) is 60.1 Å². The second-order valence-electron chi connectivity index (χ2n) is 9.44. The van der Waals surface area contributed by atoms with Crippen LogP contribution in [0.5, 0.6) is 5.75 Å². The van der Waals surface area contributed by atoms with Gasteiger partial charge in [-0.3, -0.25) is 14.6 Å². The van der Waals surface area contributed by atoms with E-state index in [9.17, 15) is 9.59 Å². The largest absolute Gasteiger partial charge is 0.415 e. The van der Waals surface area contributed by atoms with Gasteiger partial charge in [0.05, 0.1) is 18.2 Å². The van der Waals surface area contributed by atoms with E-state index in [1.165, 1.54) is 5.56 Å². The number of rotatable bonds is 8. The van der Waals surface area contributed by atoms with E-state index in [1.54, 1.807) is 40.5 Å². The molecule has 1 N–H and O–H groups in total. The van der Waals surface area contributed by atoms with Crippen molar-refractivity contribution in [2.75, 3.05) is 64.3 Å². The van der Waals surface area contributed by atoms with Gasteiger partial charge in [0.2, 0.25) is 0 Å². The third kappa shape index (κ3) is 7.38. The van der Waals surface area contributed by atoms with E-state index in [4.69, 9.17) is 9.47 Å². The van der Waals surface area contributed by atoms with Crippen LogP contribution in [0.1, 0.15) is 20.9 Å². The Morgan fingerprint density at radius 2 is 1.66 bits per heavy atom. The Morgan fingerprint density at radius 1 is 0.921 bits per heavy atom. The maximum atomic E-state index is 12.7. The molecule has 0 atom stereocenters. The first-order chi connectivity index (χ1) is 18.6. The highest BCUT2D eigenvalue weighted by Gasteiger charge is 2.22.